The Hall–Kier alpha value is -3.85. The zero-order valence-electron chi connectivity index (χ0n) is 17.9. The molecule has 0 atom stereocenters. The second kappa shape index (κ2) is 9.33. The fourth-order valence-corrected chi connectivity index (χ4v) is 3.94. The largest absolute Gasteiger partial charge is 0.436 e. The summed E-state index contributed by atoms with van der Waals surface area (Å²) in [5.41, 5.74) is 2.04. The highest BCUT2D eigenvalue weighted by Crippen LogP contribution is 2.27. The number of anilines is 1. The molecule has 2 aromatic carbocycles. The van der Waals surface area contributed by atoms with Gasteiger partial charge < -0.3 is 14.6 Å². The van der Waals surface area contributed by atoms with E-state index in [1.807, 2.05) is 18.2 Å². The number of benzene rings is 2. The normalized spacial score (nSPS) is 14.5. The fraction of sp³-hybridized carbons (Fsp3) is 0.250. The molecule has 0 spiro atoms. The molecule has 1 aliphatic rings. The van der Waals surface area contributed by atoms with Crippen LogP contribution in [0.2, 0.25) is 0 Å². The lowest BCUT2D eigenvalue weighted by atomic mass is 10.1. The van der Waals surface area contributed by atoms with Crippen molar-refractivity contribution in [1.82, 2.24) is 24.8 Å². The van der Waals surface area contributed by atoms with Crippen LogP contribution in [0.1, 0.15) is 5.56 Å². The zero-order chi connectivity index (χ0) is 22.6. The molecule has 1 N–H and O–H groups in total. The van der Waals surface area contributed by atoms with E-state index in [2.05, 4.69) is 29.7 Å². The maximum atomic E-state index is 13.1. The van der Waals surface area contributed by atoms with E-state index < -0.39 is 0 Å². The summed E-state index contributed by atoms with van der Waals surface area (Å²) in [5, 5.41) is 0. The Morgan fingerprint density at radius 2 is 1.82 bits per heavy atom. The summed E-state index contributed by atoms with van der Waals surface area (Å²) in [6.07, 6.45) is 3.62. The van der Waals surface area contributed by atoms with Crippen molar-refractivity contribution in [2.75, 3.05) is 37.6 Å². The van der Waals surface area contributed by atoms with Gasteiger partial charge in [0.25, 0.3) is 5.56 Å². The van der Waals surface area contributed by atoms with E-state index in [1.54, 1.807) is 18.2 Å². The predicted octanol–water partition coefficient (Wildman–Crippen LogP) is 3.01. The zero-order valence-corrected chi connectivity index (χ0v) is 17.9. The van der Waals surface area contributed by atoms with Crippen LogP contribution in [-0.4, -0.2) is 57.6 Å². The Bertz CT molecular complexity index is 1300. The van der Waals surface area contributed by atoms with Crippen LogP contribution < -0.4 is 15.2 Å². The van der Waals surface area contributed by atoms with Crippen molar-refractivity contribution < 1.29 is 9.13 Å². The molecule has 0 bridgehead atoms. The molecule has 33 heavy (non-hydrogen) atoms. The molecule has 0 unspecified atom stereocenters. The molecule has 1 saturated heterocycles. The molecule has 0 radical (unpaired) electrons. The third-order valence-corrected chi connectivity index (χ3v) is 5.74. The summed E-state index contributed by atoms with van der Waals surface area (Å²) in [5.74, 6) is 1.53. The number of H-pyrrole nitrogens is 1. The van der Waals surface area contributed by atoms with Gasteiger partial charge in [-0.1, -0.05) is 18.2 Å². The van der Waals surface area contributed by atoms with Gasteiger partial charge in [0, 0.05) is 38.8 Å². The lowest BCUT2D eigenvalue weighted by Gasteiger charge is -2.35. The average Bonchev–Trinajstić information content (AvgIpc) is 2.84. The van der Waals surface area contributed by atoms with Crippen molar-refractivity contribution in [3.05, 3.63) is 82.8 Å². The topological polar surface area (TPSA) is 87.2 Å². The molecule has 0 saturated carbocycles. The quantitative estimate of drug-likeness (QED) is 0.487. The molecule has 2 aromatic heterocycles. The van der Waals surface area contributed by atoms with Gasteiger partial charge in [0.1, 0.15) is 23.5 Å². The second-order valence-corrected chi connectivity index (χ2v) is 7.92. The molecule has 4 aromatic rings. The van der Waals surface area contributed by atoms with Crippen molar-refractivity contribution in [3.8, 4) is 11.6 Å². The minimum atomic E-state index is -0.263. The number of rotatable bonds is 6. The van der Waals surface area contributed by atoms with Crippen molar-refractivity contribution in [2.45, 2.75) is 6.42 Å². The Morgan fingerprint density at radius 3 is 2.64 bits per heavy atom. The highest BCUT2D eigenvalue weighted by atomic mass is 19.1. The SMILES string of the molecule is O=c1cnc2c(Oc3cc(N4CCN(CCc5ccc(F)cc5)CC4)ncn3)cccc2[nH]1. The highest BCUT2D eigenvalue weighted by molar-refractivity contribution is 5.80. The van der Waals surface area contributed by atoms with Crippen LogP contribution in [0.3, 0.4) is 0 Å². The van der Waals surface area contributed by atoms with Crippen molar-refractivity contribution >= 4 is 16.9 Å². The van der Waals surface area contributed by atoms with Crippen LogP contribution in [0.4, 0.5) is 10.2 Å². The molecular weight excluding hydrogens is 423 g/mol. The molecule has 3 heterocycles. The van der Waals surface area contributed by atoms with Gasteiger partial charge in [0.2, 0.25) is 5.88 Å². The highest BCUT2D eigenvalue weighted by Gasteiger charge is 2.19. The van der Waals surface area contributed by atoms with Crippen molar-refractivity contribution in [1.29, 1.82) is 0 Å². The van der Waals surface area contributed by atoms with E-state index in [0.29, 0.717) is 22.7 Å². The van der Waals surface area contributed by atoms with E-state index in [1.165, 1.54) is 24.7 Å². The second-order valence-electron chi connectivity index (χ2n) is 7.92. The molecule has 168 valence electrons. The van der Waals surface area contributed by atoms with E-state index in [4.69, 9.17) is 4.74 Å². The molecule has 0 amide bonds. The van der Waals surface area contributed by atoms with Gasteiger partial charge >= 0.3 is 0 Å². The number of para-hydroxylation sites is 1. The number of hydrogen-bond donors (Lipinski definition) is 1. The Balaban J connectivity index is 1.21. The maximum absolute atomic E-state index is 13.1. The summed E-state index contributed by atoms with van der Waals surface area (Å²) < 4.78 is 19.0. The van der Waals surface area contributed by atoms with Crippen LogP contribution in [0.5, 0.6) is 11.6 Å². The van der Waals surface area contributed by atoms with Crippen LogP contribution >= 0.6 is 0 Å². The van der Waals surface area contributed by atoms with Gasteiger partial charge in [-0.15, -0.1) is 0 Å². The lowest BCUT2D eigenvalue weighted by molar-refractivity contribution is 0.260. The summed E-state index contributed by atoms with van der Waals surface area (Å²) in [7, 11) is 0. The molecule has 1 fully saturated rings. The standard InChI is InChI=1S/C24H23FN6O2/c25-18-6-4-17(5-7-18)8-9-30-10-12-31(13-11-30)21-14-23(28-16-27-21)33-20-3-1-2-19-24(20)26-15-22(32)29-19/h1-7,14-16H,8-13H2,(H,29,32). The number of halogens is 1. The van der Waals surface area contributed by atoms with Crippen LogP contribution in [0.15, 0.2) is 65.8 Å². The number of nitrogens with zero attached hydrogens (tertiary/aromatic N) is 5. The number of ether oxygens (including phenoxy) is 1. The Kier molecular flexibility index (Phi) is 5.95. The van der Waals surface area contributed by atoms with Gasteiger partial charge in [0.15, 0.2) is 5.75 Å². The minimum Gasteiger partial charge on any atom is -0.436 e. The van der Waals surface area contributed by atoms with Gasteiger partial charge in [0.05, 0.1) is 11.7 Å². The molecule has 1 aliphatic heterocycles. The number of fused-ring (bicyclic) bond motifs is 1. The lowest BCUT2D eigenvalue weighted by Crippen LogP contribution is -2.47. The number of piperazine rings is 1. The average molecular weight is 446 g/mol. The third-order valence-electron chi connectivity index (χ3n) is 5.74. The van der Waals surface area contributed by atoms with Crippen LogP contribution in [-0.2, 0) is 6.42 Å². The number of hydrogen-bond acceptors (Lipinski definition) is 7. The van der Waals surface area contributed by atoms with Gasteiger partial charge in [-0.2, -0.15) is 0 Å². The molecular formula is C24H23FN6O2. The van der Waals surface area contributed by atoms with E-state index in [-0.39, 0.29) is 11.4 Å². The number of aromatic amines is 1. The first kappa shape index (κ1) is 21.0. The Labute approximate surface area is 189 Å². The van der Waals surface area contributed by atoms with Gasteiger partial charge in [-0.05, 0) is 36.2 Å². The third kappa shape index (κ3) is 4.98. The summed E-state index contributed by atoms with van der Waals surface area (Å²) in [4.78, 5) is 31.7. The number of nitrogens with one attached hydrogen (secondary N) is 1. The number of aromatic nitrogens is 4. The Morgan fingerprint density at radius 1 is 1.00 bits per heavy atom. The van der Waals surface area contributed by atoms with Gasteiger partial charge in [-0.3, -0.25) is 9.69 Å². The first-order valence-corrected chi connectivity index (χ1v) is 10.8. The smallest absolute Gasteiger partial charge is 0.266 e. The van der Waals surface area contributed by atoms with Crippen LogP contribution in [0.25, 0.3) is 11.0 Å². The predicted molar refractivity (Wildman–Crippen MR) is 123 cm³/mol. The van der Waals surface area contributed by atoms with E-state index in [0.717, 1.165) is 50.5 Å². The van der Waals surface area contributed by atoms with E-state index in [9.17, 15) is 9.18 Å². The first-order chi connectivity index (χ1) is 16.1. The van der Waals surface area contributed by atoms with Crippen molar-refractivity contribution in [2.24, 2.45) is 0 Å². The van der Waals surface area contributed by atoms with E-state index >= 15 is 0 Å². The molecule has 9 heteroatoms. The summed E-state index contributed by atoms with van der Waals surface area (Å²) in [6.45, 7) is 4.46. The van der Waals surface area contributed by atoms with Gasteiger partial charge in [-0.25, -0.2) is 19.3 Å². The monoisotopic (exact) mass is 446 g/mol. The first-order valence-electron chi connectivity index (χ1n) is 10.8. The molecule has 5 rings (SSSR count). The maximum Gasteiger partial charge on any atom is 0.266 e. The van der Waals surface area contributed by atoms with Crippen LogP contribution in [0, 0.1) is 5.82 Å². The fourth-order valence-electron chi connectivity index (χ4n) is 3.94. The molecule has 0 aliphatic carbocycles. The molecule has 8 nitrogen and oxygen atoms in total. The van der Waals surface area contributed by atoms with Crippen molar-refractivity contribution in [3.63, 3.8) is 0 Å². The minimum absolute atomic E-state index is 0.202. The summed E-state index contributed by atoms with van der Waals surface area (Å²) >= 11 is 0. The summed E-state index contributed by atoms with van der Waals surface area (Å²) in [6, 6.07) is 13.9.